The minimum absolute atomic E-state index is 0.463. The number of pyridine rings is 1. The van der Waals surface area contributed by atoms with Crippen molar-refractivity contribution in [2.24, 2.45) is 7.05 Å². The Morgan fingerprint density at radius 1 is 1.42 bits per heavy atom. The second-order valence-electron chi connectivity index (χ2n) is 4.15. The number of ether oxygens (including phenoxy) is 1. The molecule has 2 aromatic rings. The van der Waals surface area contributed by atoms with Crippen LogP contribution in [-0.4, -0.2) is 26.4 Å². The highest BCUT2D eigenvalue weighted by Gasteiger charge is 2.05. The average Bonchev–Trinajstić information content (AvgIpc) is 2.82. The number of hydrogen-bond acceptors (Lipinski definition) is 6. The molecular formula is C12H18N6O. The van der Waals surface area contributed by atoms with Gasteiger partial charge in [0.15, 0.2) is 5.82 Å². The number of anilines is 2. The fraction of sp³-hybridized carbons (Fsp3) is 0.417. The third kappa shape index (κ3) is 3.34. The summed E-state index contributed by atoms with van der Waals surface area (Å²) < 4.78 is 7.32. The Labute approximate surface area is 111 Å². The van der Waals surface area contributed by atoms with Gasteiger partial charge in [0.2, 0.25) is 5.88 Å². The maximum absolute atomic E-state index is 5.80. The fourth-order valence-electron chi connectivity index (χ4n) is 1.50. The lowest BCUT2D eigenvalue weighted by atomic mass is 10.4. The van der Waals surface area contributed by atoms with E-state index in [9.17, 15) is 0 Å². The van der Waals surface area contributed by atoms with Crippen molar-refractivity contribution in [3.05, 3.63) is 24.3 Å². The van der Waals surface area contributed by atoms with Gasteiger partial charge in [0, 0.05) is 7.05 Å². The van der Waals surface area contributed by atoms with Crippen molar-refractivity contribution in [1.29, 1.82) is 0 Å². The van der Waals surface area contributed by atoms with E-state index in [0.717, 1.165) is 12.2 Å². The molecule has 2 rings (SSSR count). The summed E-state index contributed by atoms with van der Waals surface area (Å²) in [5.41, 5.74) is 6.34. The first-order valence-corrected chi connectivity index (χ1v) is 6.16. The highest BCUT2D eigenvalue weighted by atomic mass is 16.5. The van der Waals surface area contributed by atoms with Crippen molar-refractivity contribution >= 4 is 11.5 Å². The maximum Gasteiger partial charge on any atom is 0.239 e. The summed E-state index contributed by atoms with van der Waals surface area (Å²) in [5.74, 6) is 1.99. The van der Waals surface area contributed by atoms with Crippen LogP contribution in [0, 0.1) is 0 Å². The van der Waals surface area contributed by atoms with Crippen molar-refractivity contribution in [2.45, 2.75) is 19.9 Å². The van der Waals surface area contributed by atoms with Crippen molar-refractivity contribution in [3.63, 3.8) is 0 Å². The predicted molar refractivity (Wildman–Crippen MR) is 72.8 cm³/mol. The first kappa shape index (κ1) is 13.1. The van der Waals surface area contributed by atoms with Gasteiger partial charge in [-0.1, -0.05) is 6.92 Å². The van der Waals surface area contributed by atoms with E-state index in [2.05, 4.69) is 20.5 Å². The van der Waals surface area contributed by atoms with Gasteiger partial charge < -0.3 is 20.4 Å². The topological polar surface area (TPSA) is 90.9 Å². The van der Waals surface area contributed by atoms with Crippen LogP contribution in [0.1, 0.15) is 19.2 Å². The maximum atomic E-state index is 5.80. The van der Waals surface area contributed by atoms with Crippen molar-refractivity contribution in [3.8, 4) is 5.88 Å². The zero-order chi connectivity index (χ0) is 13.7. The largest absolute Gasteiger partial charge is 0.476 e. The van der Waals surface area contributed by atoms with E-state index in [4.69, 9.17) is 10.5 Å². The molecule has 0 atom stereocenters. The third-order valence-electron chi connectivity index (χ3n) is 2.57. The second-order valence-corrected chi connectivity index (χ2v) is 4.15. The van der Waals surface area contributed by atoms with E-state index < -0.39 is 0 Å². The molecule has 0 saturated carbocycles. The molecule has 0 aromatic carbocycles. The number of nitrogens with one attached hydrogen (secondary N) is 1. The molecule has 2 aromatic heterocycles. The monoisotopic (exact) mass is 262 g/mol. The quantitative estimate of drug-likeness (QED) is 0.812. The number of nitrogen functional groups attached to an aromatic ring is 1. The molecular weight excluding hydrogens is 244 g/mol. The van der Waals surface area contributed by atoms with Crippen LogP contribution < -0.4 is 15.8 Å². The number of rotatable bonds is 6. The smallest absolute Gasteiger partial charge is 0.239 e. The van der Waals surface area contributed by atoms with Crippen LogP contribution in [0.2, 0.25) is 0 Å². The van der Waals surface area contributed by atoms with E-state index in [1.807, 2.05) is 24.6 Å². The van der Waals surface area contributed by atoms with E-state index in [0.29, 0.717) is 30.5 Å². The summed E-state index contributed by atoms with van der Waals surface area (Å²) in [5, 5.41) is 11.0. The van der Waals surface area contributed by atoms with Crippen LogP contribution in [0.4, 0.5) is 11.5 Å². The van der Waals surface area contributed by atoms with Gasteiger partial charge in [0.25, 0.3) is 0 Å². The van der Waals surface area contributed by atoms with Gasteiger partial charge in [-0.05, 0) is 18.6 Å². The molecule has 0 fully saturated rings. The Morgan fingerprint density at radius 2 is 2.26 bits per heavy atom. The van der Waals surface area contributed by atoms with Gasteiger partial charge in [0.1, 0.15) is 12.1 Å². The molecule has 0 aliphatic heterocycles. The number of nitrogens with zero attached hydrogens (tertiary/aromatic N) is 4. The SMILES string of the molecule is CCCOc1nc(NCc2nncn2C)ccc1N. The normalized spacial score (nSPS) is 10.4. The van der Waals surface area contributed by atoms with Gasteiger partial charge in [-0.25, -0.2) is 0 Å². The van der Waals surface area contributed by atoms with Crippen LogP contribution >= 0.6 is 0 Å². The molecule has 0 aliphatic rings. The number of hydrogen-bond donors (Lipinski definition) is 2. The van der Waals surface area contributed by atoms with Crippen LogP contribution in [0.15, 0.2) is 18.5 Å². The molecule has 19 heavy (non-hydrogen) atoms. The first-order chi connectivity index (χ1) is 9.20. The Kier molecular flexibility index (Phi) is 4.17. The zero-order valence-electron chi connectivity index (χ0n) is 11.1. The van der Waals surface area contributed by atoms with Gasteiger partial charge in [-0.2, -0.15) is 4.98 Å². The molecule has 102 valence electrons. The molecule has 0 bridgehead atoms. The predicted octanol–water partition coefficient (Wildman–Crippen LogP) is 1.19. The molecule has 7 nitrogen and oxygen atoms in total. The zero-order valence-corrected chi connectivity index (χ0v) is 11.1. The molecule has 0 saturated heterocycles. The van der Waals surface area contributed by atoms with Crippen LogP contribution in [-0.2, 0) is 13.6 Å². The van der Waals surface area contributed by atoms with Gasteiger partial charge in [-0.3, -0.25) is 0 Å². The lowest BCUT2D eigenvalue weighted by Crippen LogP contribution is -2.08. The van der Waals surface area contributed by atoms with Gasteiger partial charge in [-0.15, -0.1) is 10.2 Å². The van der Waals surface area contributed by atoms with E-state index in [1.54, 1.807) is 12.4 Å². The summed E-state index contributed by atoms with van der Waals surface area (Å²) in [6.07, 6.45) is 2.57. The number of aromatic nitrogens is 4. The fourth-order valence-corrected chi connectivity index (χ4v) is 1.50. The van der Waals surface area contributed by atoms with Crippen LogP contribution in [0.5, 0.6) is 5.88 Å². The molecule has 0 spiro atoms. The Hall–Kier alpha value is -2.31. The molecule has 0 unspecified atom stereocenters. The average molecular weight is 262 g/mol. The van der Waals surface area contributed by atoms with E-state index in [-0.39, 0.29) is 0 Å². The summed E-state index contributed by atoms with van der Waals surface area (Å²) in [6.45, 7) is 3.18. The van der Waals surface area contributed by atoms with Crippen molar-refractivity contribution in [2.75, 3.05) is 17.7 Å². The number of nitrogens with two attached hydrogens (primary N) is 1. The van der Waals surface area contributed by atoms with E-state index >= 15 is 0 Å². The van der Waals surface area contributed by atoms with Crippen LogP contribution in [0.25, 0.3) is 0 Å². The lowest BCUT2D eigenvalue weighted by Gasteiger charge is -2.10. The molecule has 2 heterocycles. The first-order valence-electron chi connectivity index (χ1n) is 6.16. The molecule has 0 aliphatic carbocycles. The van der Waals surface area contributed by atoms with Gasteiger partial charge >= 0.3 is 0 Å². The Balaban J connectivity index is 2.02. The summed E-state index contributed by atoms with van der Waals surface area (Å²) >= 11 is 0. The standard InChI is InChI=1S/C12H18N6O/c1-3-6-19-12-9(13)4-5-10(16-12)14-7-11-17-15-8-18(11)2/h4-5,8H,3,6-7,13H2,1-2H3,(H,14,16). The molecule has 7 heteroatoms. The number of aryl methyl sites for hydroxylation is 1. The minimum Gasteiger partial charge on any atom is -0.476 e. The van der Waals surface area contributed by atoms with Crippen molar-refractivity contribution < 1.29 is 4.74 Å². The molecule has 0 radical (unpaired) electrons. The summed E-state index contributed by atoms with van der Waals surface area (Å²) in [7, 11) is 1.89. The highest BCUT2D eigenvalue weighted by Crippen LogP contribution is 2.21. The van der Waals surface area contributed by atoms with E-state index in [1.165, 1.54) is 0 Å². The summed E-state index contributed by atoms with van der Waals surface area (Å²) in [6, 6.07) is 3.58. The molecule has 0 amide bonds. The Morgan fingerprint density at radius 3 is 2.95 bits per heavy atom. The minimum atomic E-state index is 0.463. The van der Waals surface area contributed by atoms with Crippen LogP contribution in [0.3, 0.4) is 0 Å². The Bertz CT molecular complexity index is 539. The third-order valence-corrected chi connectivity index (χ3v) is 2.57. The second kappa shape index (κ2) is 6.03. The lowest BCUT2D eigenvalue weighted by molar-refractivity contribution is 0.307. The summed E-state index contributed by atoms with van der Waals surface area (Å²) in [4.78, 5) is 4.32. The van der Waals surface area contributed by atoms with Gasteiger partial charge in [0.05, 0.1) is 18.8 Å². The van der Waals surface area contributed by atoms with Crippen molar-refractivity contribution in [1.82, 2.24) is 19.7 Å². The molecule has 3 N–H and O–H groups in total. The highest BCUT2D eigenvalue weighted by molar-refractivity contribution is 5.53.